The van der Waals surface area contributed by atoms with Gasteiger partial charge in [-0.15, -0.1) is 0 Å². The molecule has 1 aromatic heterocycles. The highest BCUT2D eigenvalue weighted by Crippen LogP contribution is 2.34. The van der Waals surface area contributed by atoms with Gasteiger partial charge in [0, 0.05) is 55.0 Å². The van der Waals surface area contributed by atoms with Crippen molar-refractivity contribution in [3.05, 3.63) is 48.2 Å². The van der Waals surface area contributed by atoms with E-state index in [1.54, 1.807) is 0 Å². The summed E-state index contributed by atoms with van der Waals surface area (Å²) >= 11 is 0. The van der Waals surface area contributed by atoms with Gasteiger partial charge in [-0.1, -0.05) is 0 Å². The molecule has 0 saturated carbocycles. The SMILES string of the molecule is CCOc1ccc2[nH]cc(CCCN3CCN(c4ccc5c(c4)OCCO5)CC3)c2c1. The third-order valence-corrected chi connectivity index (χ3v) is 6.23. The van der Waals surface area contributed by atoms with Crippen molar-refractivity contribution in [3.63, 3.8) is 0 Å². The van der Waals surface area contributed by atoms with Crippen LogP contribution >= 0.6 is 0 Å². The standard InChI is InChI=1S/C25H31N3O3/c1-2-29-21-6-7-23-22(17-21)19(18-26-23)4-3-9-27-10-12-28(13-11-27)20-5-8-24-25(16-20)31-15-14-30-24/h5-8,16-18,26H,2-4,9-15H2,1H3. The summed E-state index contributed by atoms with van der Waals surface area (Å²) in [6.45, 7) is 9.40. The van der Waals surface area contributed by atoms with Crippen molar-refractivity contribution in [1.29, 1.82) is 0 Å². The van der Waals surface area contributed by atoms with Gasteiger partial charge in [0.2, 0.25) is 0 Å². The van der Waals surface area contributed by atoms with E-state index < -0.39 is 0 Å². The average molecular weight is 422 g/mol. The van der Waals surface area contributed by atoms with Crippen molar-refractivity contribution in [1.82, 2.24) is 9.88 Å². The van der Waals surface area contributed by atoms with E-state index in [2.05, 4.69) is 45.2 Å². The van der Waals surface area contributed by atoms with E-state index in [0.717, 1.165) is 62.8 Å². The van der Waals surface area contributed by atoms with Gasteiger partial charge in [-0.3, -0.25) is 4.90 Å². The zero-order valence-electron chi connectivity index (χ0n) is 18.2. The molecule has 6 nitrogen and oxygen atoms in total. The van der Waals surface area contributed by atoms with Crippen LogP contribution in [-0.2, 0) is 6.42 Å². The van der Waals surface area contributed by atoms with Crippen molar-refractivity contribution in [2.75, 3.05) is 57.4 Å². The highest BCUT2D eigenvalue weighted by Gasteiger charge is 2.19. The monoisotopic (exact) mass is 421 g/mol. The zero-order valence-corrected chi connectivity index (χ0v) is 18.2. The molecule has 0 atom stereocenters. The van der Waals surface area contributed by atoms with Crippen molar-refractivity contribution in [2.45, 2.75) is 19.8 Å². The Hall–Kier alpha value is -2.86. The van der Waals surface area contributed by atoms with Gasteiger partial charge in [-0.05, 0) is 62.2 Å². The first-order chi connectivity index (χ1) is 15.3. The molecule has 164 valence electrons. The van der Waals surface area contributed by atoms with Gasteiger partial charge in [-0.25, -0.2) is 0 Å². The van der Waals surface area contributed by atoms with Gasteiger partial charge in [0.1, 0.15) is 19.0 Å². The van der Waals surface area contributed by atoms with Crippen LogP contribution in [0, 0.1) is 0 Å². The molecule has 0 spiro atoms. The van der Waals surface area contributed by atoms with Crippen molar-refractivity contribution in [2.24, 2.45) is 0 Å². The topological polar surface area (TPSA) is 50.0 Å². The van der Waals surface area contributed by atoms with E-state index >= 15 is 0 Å². The van der Waals surface area contributed by atoms with Crippen LogP contribution in [-0.4, -0.2) is 62.4 Å². The summed E-state index contributed by atoms with van der Waals surface area (Å²) in [6, 6.07) is 12.6. The van der Waals surface area contributed by atoms with E-state index in [-0.39, 0.29) is 0 Å². The third kappa shape index (κ3) is 4.44. The van der Waals surface area contributed by atoms with Gasteiger partial charge in [-0.2, -0.15) is 0 Å². The number of fused-ring (bicyclic) bond motifs is 2. The van der Waals surface area contributed by atoms with Crippen LogP contribution in [0.25, 0.3) is 10.9 Å². The molecule has 2 aliphatic rings. The predicted octanol–water partition coefficient (Wildman–Crippen LogP) is 4.09. The normalized spacial score (nSPS) is 16.6. The van der Waals surface area contributed by atoms with Crippen LogP contribution in [0.15, 0.2) is 42.6 Å². The highest BCUT2D eigenvalue weighted by atomic mass is 16.6. The Morgan fingerprint density at radius 3 is 2.65 bits per heavy atom. The van der Waals surface area contributed by atoms with Gasteiger partial charge in [0.15, 0.2) is 11.5 Å². The molecular formula is C25H31N3O3. The number of benzene rings is 2. The quantitative estimate of drug-likeness (QED) is 0.623. The van der Waals surface area contributed by atoms with Crippen LogP contribution in [0.2, 0.25) is 0 Å². The fraction of sp³-hybridized carbons (Fsp3) is 0.440. The summed E-state index contributed by atoms with van der Waals surface area (Å²) in [5, 5.41) is 1.29. The molecule has 3 aromatic rings. The van der Waals surface area contributed by atoms with E-state index in [1.165, 1.54) is 22.2 Å². The smallest absolute Gasteiger partial charge is 0.163 e. The van der Waals surface area contributed by atoms with E-state index in [9.17, 15) is 0 Å². The Labute approximate surface area is 183 Å². The van der Waals surface area contributed by atoms with Gasteiger partial charge >= 0.3 is 0 Å². The second-order valence-electron chi connectivity index (χ2n) is 8.21. The number of aryl methyl sites for hydroxylation is 1. The molecule has 1 N–H and O–H groups in total. The fourth-order valence-corrected chi connectivity index (χ4v) is 4.57. The summed E-state index contributed by atoms with van der Waals surface area (Å²) in [7, 11) is 0. The minimum Gasteiger partial charge on any atom is -0.494 e. The van der Waals surface area contributed by atoms with Gasteiger partial charge in [0.25, 0.3) is 0 Å². The Balaban J connectivity index is 1.12. The summed E-state index contributed by atoms with van der Waals surface area (Å²) in [5.74, 6) is 2.68. The first-order valence-corrected chi connectivity index (χ1v) is 11.4. The van der Waals surface area contributed by atoms with Gasteiger partial charge in [0.05, 0.1) is 6.61 Å². The maximum absolute atomic E-state index is 5.74. The maximum atomic E-state index is 5.74. The lowest BCUT2D eigenvalue weighted by Crippen LogP contribution is -2.46. The minimum atomic E-state index is 0.633. The Morgan fingerprint density at radius 1 is 0.968 bits per heavy atom. The van der Waals surface area contributed by atoms with Crippen LogP contribution in [0.5, 0.6) is 17.2 Å². The summed E-state index contributed by atoms with van der Waals surface area (Å²) < 4.78 is 17.1. The van der Waals surface area contributed by atoms with E-state index in [1.807, 2.05) is 19.1 Å². The molecule has 0 aliphatic carbocycles. The third-order valence-electron chi connectivity index (χ3n) is 6.23. The van der Waals surface area contributed by atoms with Crippen LogP contribution in [0.1, 0.15) is 18.9 Å². The molecule has 1 saturated heterocycles. The number of aromatic nitrogens is 1. The molecule has 0 unspecified atom stereocenters. The number of hydrogen-bond acceptors (Lipinski definition) is 5. The van der Waals surface area contributed by atoms with Gasteiger partial charge < -0.3 is 24.1 Å². The van der Waals surface area contributed by atoms with E-state index in [0.29, 0.717) is 19.8 Å². The number of nitrogens with one attached hydrogen (secondary N) is 1. The number of H-pyrrole nitrogens is 1. The summed E-state index contributed by atoms with van der Waals surface area (Å²) in [6.07, 6.45) is 4.40. The zero-order chi connectivity index (χ0) is 21.0. The van der Waals surface area contributed by atoms with Crippen molar-refractivity contribution >= 4 is 16.6 Å². The van der Waals surface area contributed by atoms with Crippen LogP contribution in [0.4, 0.5) is 5.69 Å². The second kappa shape index (κ2) is 9.10. The molecule has 5 rings (SSSR count). The largest absolute Gasteiger partial charge is 0.494 e. The molecule has 6 heteroatoms. The first kappa shape index (κ1) is 20.1. The Kier molecular flexibility index (Phi) is 5.89. The number of anilines is 1. The molecule has 31 heavy (non-hydrogen) atoms. The minimum absolute atomic E-state index is 0.633. The van der Waals surface area contributed by atoms with Crippen molar-refractivity contribution in [3.8, 4) is 17.2 Å². The lowest BCUT2D eigenvalue weighted by atomic mass is 10.1. The molecule has 3 heterocycles. The fourth-order valence-electron chi connectivity index (χ4n) is 4.57. The second-order valence-corrected chi connectivity index (χ2v) is 8.21. The molecule has 1 fully saturated rings. The molecule has 0 radical (unpaired) electrons. The summed E-state index contributed by atoms with van der Waals surface area (Å²) in [4.78, 5) is 8.42. The molecule has 0 bridgehead atoms. The predicted molar refractivity (Wildman–Crippen MR) is 124 cm³/mol. The molecule has 2 aromatic carbocycles. The number of ether oxygens (including phenoxy) is 3. The Bertz CT molecular complexity index is 1020. The number of hydrogen-bond donors (Lipinski definition) is 1. The first-order valence-electron chi connectivity index (χ1n) is 11.4. The molecule has 2 aliphatic heterocycles. The number of aromatic amines is 1. The number of rotatable bonds is 7. The molecular weight excluding hydrogens is 390 g/mol. The summed E-state index contributed by atoms with van der Waals surface area (Å²) in [5.41, 5.74) is 3.80. The van der Waals surface area contributed by atoms with Crippen molar-refractivity contribution < 1.29 is 14.2 Å². The highest BCUT2D eigenvalue weighted by molar-refractivity contribution is 5.84. The number of piperazine rings is 1. The molecule has 0 amide bonds. The Morgan fingerprint density at radius 2 is 1.81 bits per heavy atom. The lowest BCUT2D eigenvalue weighted by Gasteiger charge is -2.36. The van der Waals surface area contributed by atoms with Crippen LogP contribution in [0.3, 0.4) is 0 Å². The van der Waals surface area contributed by atoms with E-state index in [4.69, 9.17) is 14.2 Å². The average Bonchev–Trinajstić information content (AvgIpc) is 3.22. The van der Waals surface area contributed by atoms with Crippen LogP contribution < -0.4 is 19.1 Å². The lowest BCUT2D eigenvalue weighted by molar-refractivity contribution is 0.171. The number of nitrogens with zero attached hydrogens (tertiary/aromatic N) is 2. The maximum Gasteiger partial charge on any atom is 0.163 e.